The Kier molecular flexibility index (Phi) is 5.80. The summed E-state index contributed by atoms with van der Waals surface area (Å²) < 4.78 is 34.7. The molecule has 0 radical (unpaired) electrons. The van der Waals surface area contributed by atoms with E-state index in [2.05, 4.69) is 11.6 Å². The minimum atomic E-state index is -3.47. The summed E-state index contributed by atoms with van der Waals surface area (Å²) in [6.45, 7) is 5.01. The summed E-state index contributed by atoms with van der Waals surface area (Å²) in [5.74, 6) is 0.264. The number of sulfonamides is 1. The predicted octanol–water partition coefficient (Wildman–Crippen LogP) is 1.06. The first kappa shape index (κ1) is 16.5. The number of hydrogen-bond donors (Lipinski definition) is 2. The molecule has 0 spiro atoms. The Morgan fingerprint density at radius 2 is 2.33 bits per heavy atom. The number of nitrogens with zero attached hydrogens (tertiary/aromatic N) is 1. The number of hydrogen-bond acceptors (Lipinski definition) is 4. The number of aryl methyl sites for hydroxylation is 1. The minimum Gasteiger partial charge on any atom is -0.381 e. The molecule has 7 heteroatoms. The third-order valence-corrected chi connectivity index (χ3v) is 5.15. The molecule has 0 aromatic carbocycles. The normalized spacial score (nSPS) is 19.8. The van der Waals surface area contributed by atoms with Crippen LogP contribution in [0.4, 0.5) is 0 Å². The Labute approximate surface area is 126 Å². The first-order valence-corrected chi connectivity index (χ1v) is 9.01. The molecule has 0 bridgehead atoms. The minimum absolute atomic E-state index is 0.264. The van der Waals surface area contributed by atoms with Crippen molar-refractivity contribution in [2.75, 3.05) is 19.8 Å². The molecule has 1 aliphatic heterocycles. The van der Waals surface area contributed by atoms with E-state index in [1.807, 2.05) is 4.57 Å². The van der Waals surface area contributed by atoms with Crippen LogP contribution in [0.15, 0.2) is 17.2 Å². The van der Waals surface area contributed by atoms with Crippen LogP contribution >= 0.6 is 0 Å². The van der Waals surface area contributed by atoms with Crippen molar-refractivity contribution in [1.29, 1.82) is 0 Å². The summed E-state index contributed by atoms with van der Waals surface area (Å²) in [7, 11) is -3.47. The molecule has 0 aliphatic carbocycles. The van der Waals surface area contributed by atoms with Crippen molar-refractivity contribution < 1.29 is 13.2 Å². The average Bonchev–Trinajstić information content (AvgIpc) is 2.91. The van der Waals surface area contributed by atoms with E-state index in [4.69, 9.17) is 10.5 Å². The third kappa shape index (κ3) is 4.29. The highest BCUT2D eigenvalue weighted by Gasteiger charge is 2.21. The monoisotopic (exact) mass is 315 g/mol. The van der Waals surface area contributed by atoms with E-state index >= 15 is 0 Å². The topological polar surface area (TPSA) is 86.3 Å². The first-order valence-electron chi connectivity index (χ1n) is 7.53. The molecule has 1 fully saturated rings. The van der Waals surface area contributed by atoms with E-state index in [1.54, 1.807) is 12.3 Å². The fourth-order valence-electron chi connectivity index (χ4n) is 2.57. The van der Waals surface area contributed by atoms with Crippen LogP contribution in [0.2, 0.25) is 0 Å². The molecule has 0 amide bonds. The zero-order chi connectivity index (χ0) is 15.3. The van der Waals surface area contributed by atoms with Crippen LogP contribution in [0.1, 0.15) is 31.9 Å². The third-order valence-electron chi connectivity index (χ3n) is 3.76. The van der Waals surface area contributed by atoms with Crippen LogP contribution in [0, 0.1) is 5.92 Å². The number of nitrogens with two attached hydrogens (primary N) is 1. The summed E-state index contributed by atoms with van der Waals surface area (Å²) in [5, 5.41) is 0. The second-order valence-electron chi connectivity index (χ2n) is 5.50. The summed E-state index contributed by atoms with van der Waals surface area (Å²) in [6, 6.07) is 1.66. The molecule has 1 unspecified atom stereocenters. The van der Waals surface area contributed by atoms with Gasteiger partial charge in [0.25, 0.3) is 0 Å². The van der Waals surface area contributed by atoms with Gasteiger partial charge in [-0.2, -0.15) is 0 Å². The Hall–Kier alpha value is -0.890. The smallest absolute Gasteiger partial charge is 0.242 e. The van der Waals surface area contributed by atoms with Crippen molar-refractivity contribution in [2.45, 2.75) is 44.2 Å². The second-order valence-corrected chi connectivity index (χ2v) is 7.27. The molecule has 2 heterocycles. The zero-order valence-corrected chi connectivity index (χ0v) is 13.4. The standard InChI is InChI=1S/C14H25N3O3S/c1-2-5-17-10-14(7-13(17)8-15)21(18,19)16-9-12-4-3-6-20-11-12/h7,10,12,16H,2-6,8-9,11,15H2,1H3. The van der Waals surface area contributed by atoms with Crippen LogP contribution in [0.3, 0.4) is 0 Å². The van der Waals surface area contributed by atoms with Gasteiger partial charge < -0.3 is 15.0 Å². The Morgan fingerprint density at radius 1 is 1.52 bits per heavy atom. The molecule has 1 saturated heterocycles. The van der Waals surface area contributed by atoms with Gasteiger partial charge in [-0.05, 0) is 31.2 Å². The summed E-state index contributed by atoms with van der Waals surface area (Å²) in [4.78, 5) is 0.299. The molecule has 21 heavy (non-hydrogen) atoms. The van der Waals surface area contributed by atoms with Gasteiger partial charge in [-0.15, -0.1) is 0 Å². The molecule has 6 nitrogen and oxygen atoms in total. The van der Waals surface area contributed by atoms with E-state index in [1.165, 1.54) is 0 Å². The Balaban J connectivity index is 2.04. The summed E-state index contributed by atoms with van der Waals surface area (Å²) in [6.07, 6.45) is 4.61. The van der Waals surface area contributed by atoms with Crippen molar-refractivity contribution in [3.8, 4) is 0 Å². The summed E-state index contributed by atoms with van der Waals surface area (Å²) in [5.41, 5.74) is 6.52. The van der Waals surface area contributed by atoms with Gasteiger partial charge >= 0.3 is 0 Å². The van der Waals surface area contributed by atoms with E-state index < -0.39 is 10.0 Å². The van der Waals surface area contributed by atoms with Gasteiger partial charge in [-0.3, -0.25) is 0 Å². The highest BCUT2D eigenvalue weighted by molar-refractivity contribution is 7.89. The molecule has 1 aromatic rings. The lowest BCUT2D eigenvalue weighted by Crippen LogP contribution is -2.33. The van der Waals surface area contributed by atoms with Crippen molar-refractivity contribution in [2.24, 2.45) is 11.7 Å². The largest absolute Gasteiger partial charge is 0.381 e. The van der Waals surface area contributed by atoms with Gasteiger partial charge in [0.05, 0.1) is 11.5 Å². The lowest BCUT2D eigenvalue weighted by molar-refractivity contribution is 0.0568. The highest BCUT2D eigenvalue weighted by atomic mass is 32.2. The van der Waals surface area contributed by atoms with Crippen LogP contribution < -0.4 is 10.5 Å². The van der Waals surface area contributed by atoms with Crippen molar-refractivity contribution in [3.05, 3.63) is 18.0 Å². The van der Waals surface area contributed by atoms with Gasteiger partial charge in [0.2, 0.25) is 10.0 Å². The average molecular weight is 315 g/mol. The van der Waals surface area contributed by atoms with Crippen LogP contribution in [0.5, 0.6) is 0 Å². The van der Waals surface area contributed by atoms with E-state index in [0.29, 0.717) is 24.6 Å². The molecule has 1 aliphatic rings. The molecular formula is C14H25N3O3S. The molecule has 2 rings (SSSR count). The Morgan fingerprint density at radius 3 is 2.95 bits per heavy atom. The first-order chi connectivity index (χ1) is 10.1. The van der Waals surface area contributed by atoms with Gasteiger partial charge in [0.15, 0.2) is 0 Å². The van der Waals surface area contributed by atoms with Gasteiger partial charge in [0, 0.05) is 38.1 Å². The molecule has 3 N–H and O–H groups in total. The fourth-order valence-corrected chi connectivity index (χ4v) is 3.75. The van der Waals surface area contributed by atoms with Crippen LogP contribution in [-0.2, 0) is 27.8 Å². The van der Waals surface area contributed by atoms with Gasteiger partial charge in [0.1, 0.15) is 0 Å². The maximum atomic E-state index is 12.4. The summed E-state index contributed by atoms with van der Waals surface area (Å²) >= 11 is 0. The molecule has 1 atom stereocenters. The fraction of sp³-hybridized carbons (Fsp3) is 0.714. The maximum absolute atomic E-state index is 12.4. The number of rotatable bonds is 7. The lowest BCUT2D eigenvalue weighted by Gasteiger charge is -2.21. The molecule has 1 aromatic heterocycles. The van der Waals surface area contributed by atoms with E-state index in [0.717, 1.165) is 38.1 Å². The quantitative estimate of drug-likeness (QED) is 0.788. The second kappa shape index (κ2) is 7.40. The van der Waals surface area contributed by atoms with Crippen LogP contribution in [-0.4, -0.2) is 32.7 Å². The van der Waals surface area contributed by atoms with Crippen molar-refractivity contribution >= 4 is 10.0 Å². The lowest BCUT2D eigenvalue weighted by atomic mass is 10.0. The van der Waals surface area contributed by atoms with Crippen LogP contribution in [0.25, 0.3) is 0 Å². The maximum Gasteiger partial charge on any atom is 0.242 e. The SMILES string of the molecule is CCCn1cc(S(=O)(=O)NCC2CCCOC2)cc1CN. The zero-order valence-electron chi connectivity index (χ0n) is 12.5. The predicted molar refractivity (Wildman–Crippen MR) is 81.3 cm³/mol. The highest BCUT2D eigenvalue weighted by Crippen LogP contribution is 2.17. The van der Waals surface area contributed by atoms with E-state index in [-0.39, 0.29) is 5.92 Å². The van der Waals surface area contributed by atoms with Crippen molar-refractivity contribution in [1.82, 2.24) is 9.29 Å². The number of ether oxygens (including phenoxy) is 1. The van der Waals surface area contributed by atoms with E-state index in [9.17, 15) is 8.42 Å². The van der Waals surface area contributed by atoms with Gasteiger partial charge in [-0.25, -0.2) is 13.1 Å². The number of aromatic nitrogens is 1. The van der Waals surface area contributed by atoms with Crippen molar-refractivity contribution in [3.63, 3.8) is 0 Å². The molecule has 120 valence electrons. The molecular weight excluding hydrogens is 290 g/mol. The Bertz CT molecular complexity index is 548. The molecule has 0 saturated carbocycles. The van der Waals surface area contributed by atoms with Gasteiger partial charge in [-0.1, -0.05) is 6.92 Å². The number of nitrogens with one attached hydrogen (secondary N) is 1.